The minimum absolute atomic E-state index is 0. The third-order valence-corrected chi connectivity index (χ3v) is 4.10. The van der Waals surface area contributed by atoms with Crippen LogP contribution in [0.5, 0.6) is 0 Å². The minimum Gasteiger partial charge on any atom is -0.353 e. The average Bonchev–Trinajstić information content (AvgIpc) is 2.54. The molecule has 24 heavy (non-hydrogen) atoms. The number of carbonyl (C=O) groups excluding carboxylic acids is 2. The molecule has 0 saturated carbocycles. The molecular formula is C17H25ClFN3O2. The van der Waals surface area contributed by atoms with Gasteiger partial charge in [-0.25, -0.2) is 4.39 Å². The standard InChI is InChI=1S/C17H24FN3O2.ClH/c1-12-11-19-10-8-15(12)21-16(22)3-2-9-20-17(23)13-4-6-14(18)7-5-13;/h4-7,12,15,19H,2-3,8-11H2,1H3,(H,20,23)(H,21,22);1H. The Morgan fingerprint density at radius 2 is 2.00 bits per heavy atom. The molecule has 1 aromatic carbocycles. The lowest BCUT2D eigenvalue weighted by atomic mass is 9.95. The van der Waals surface area contributed by atoms with E-state index in [1.54, 1.807) is 0 Å². The molecule has 0 radical (unpaired) electrons. The van der Waals surface area contributed by atoms with Crippen LogP contribution in [0.1, 0.15) is 36.5 Å². The Kier molecular flexibility index (Phi) is 8.71. The van der Waals surface area contributed by atoms with E-state index in [1.807, 2.05) is 0 Å². The number of hydrogen-bond donors (Lipinski definition) is 3. The lowest BCUT2D eigenvalue weighted by Gasteiger charge is -2.30. The van der Waals surface area contributed by atoms with E-state index in [0.717, 1.165) is 19.5 Å². The monoisotopic (exact) mass is 357 g/mol. The summed E-state index contributed by atoms with van der Waals surface area (Å²) >= 11 is 0. The molecule has 0 spiro atoms. The Bertz CT molecular complexity index is 539. The van der Waals surface area contributed by atoms with Gasteiger partial charge in [-0.3, -0.25) is 9.59 Å². The molecule has 5 nitrogen and oxygen atoms in total. The van der Waals surface area contributed by atoms with Gasteiger partial charge in [0.2, 0.25) is 5.91 Å². The minimum atomic E-state index is -0.370. The fourth-order valence-corrected chi connectivity index (χ4v) is 2.66. The van der Waals surface area contributed by atoms with Gasteiger partial charge in [-0.1, -0.05) is 6.92 Å². The van der Waals surface area contributed by atoms with Gasteiger partial charge >= 0.3 is 0 Å². The van der Waals surface area contributed by atoms with Gasteiger partial charge in [0, 0.05) is 24.6 Å². The summed E-state index contributed by atoms with van der Waals surface area (Å²) in [5.41, 5.74) is 0.416. The number of hydrogen-bond acceptors (Lipinski definition) is 3. The van der Waals surface area contributed by atoms with E-state index in [-0.39, 0.29) is 36.1 Å². The third kappa shape index (κ3) is 6.45. The molecule has 3 N–H and O–H groups in total. The van der Waals surface area contributed by atoms with Gasteiger partial charge in [0.15, 0.2) is 0 Å². The maximum atomic E-state index is 12.8. The topological polar surface area (TPSA) is 70.2 Å². The highest BCUT2D eigenvalue weighted by Crippen LogP contribution is 2.10. The van der Waals surface area contributed by atoms with Crippen molar-refractivity contribution < 1.29 is 14.0 Å². The normalized spacial score (nSPS) is 19.9. The highest BCUT2D eigenvalue weighted by atomic mass is 35.5. The van der Waals surface area contributed by atoms with Crippen LogP contribution < -0.4 is 16.0 Å². The predicted octanol–water partition coefficient (Wildman–Crippen LogP) is 1.87. The highest BCUT2D eigenvalue weighted by Gasteiger charge is 2.22. The first-order valence-corrected chi connectivity index (χ1v) is 8.10. The third-order valence-electron chi connectivity index (χ3n) is 4.10. The van der Waals surface area contributed by atoms with Crippen molar-refractivity contribution >= 4 is 24.2 Å². The van der Waals surface area contributed by atoms with Crippen molar-refractivity contribution in [3.63, 3.8) is 0 Å². The van der Waals surface area contributed by atoms with E-state index in [4.69, 9.17) is 0 Å². The highest BCUT2D eigenvalue weighted by molar-refractivity contribution is 5.94. The molecule has 2 atom stereocenters. The second-order valence-corrected chi connectivity index (χ2v) is 6.01. The average molecular weight is 358 g/mol. The van der Waals surface area contributed by atoms with Gasteiger partial charge in [-0.05, 0) is 56.1 Å². The first-order valence-electron chi connectivity index (χ1n) is 8.10. The van der Waals surface area contributed by atoms with E-state index in [1.165, 1.54) is 24.3 Å². The largest absolute Gasteiger partial charge is 0.353 e. The van der Waals surface area contributed by atoms with Crippen molar-refractivity contribution in [2.24, 2.45) is 5.92 Å². The summed E-state index contributed by atoms with van der Waals surface area (Å²) in [6.07, 6.45) is 1.92. The summed E-state index contributed by atoms with van der Waals surface area (Å²) in [5, 5.41) is 9.10. The van der Waals surface area contributed by atoms with Crippen molar-refractivity contribution in [3.05, 3.63) is 35.6 Å². The Morgan fingerprint density at radius 1 is 1.29 bits per heavy atom. The summed E-state index contributed by atoms with van der Waals surface area (Å²) < 4.78 is 12.8. The van der Waals surface area contributed by atoms with Crippen molar-refractivity contribution in [1.29, 1.82) is 0 Å². The number of nitrogens with one attached hydrogen (secondary N) is 3. The zero-order chi connectivity index (χ0) is 16.7. The van der Waals surface area contributed by atoms with Crippen LogP contribution in [0.2, 0.25) is 0 Å². The van der Waals surface area contributed by atoms with E-state index in [0.29, 0.717) is 30.9 Å². The van der Waals surface area contributed by atoms with Crippen LogP contribution in [0, 0.1) is 11.7 Å². The van der Waals surface area contributed by atoms with Crippen molar-refractivity contribution in [1.82, 2.24) is 16.0 Å². The van der Waals surface area contributed by atoms with Crippen molar-refractivity contribution in [2.45, 2.75) is 32.2 Å². The van der Waals surface area contributed by atoms with Crippen LogP contribution in [0.3, 0.4) is 0 Å². The summed E-state index contributed by atoms with van der Waals surface area (Å²) in [5.74, 6) is -0.159. The van der Waals surface area contributed by atoms with Crippen LogP contribution in [0.25, 0.3) is 0 Å². The Morgan fingerprint density at radius 3 is 2.67 bits per heavy atom. The van der Waals surface area contributed by atoms with Gasteiger partial charge in [0.05, 0.1) is 0 Å². The molecule has 0 aliphatic carbocycles. The first-order chi connectivity index (χ1) is 11.1. The molecule has 1 fully saturated rings. The number of carbonyl (C=O) groups is 2. The molecule has 2 rings (SSSR count). The molecule has 134 valence electrons. The Labute approximate surface area is 148 Å². The van der Waals surface area contributed by atoms with Crippen molar-refractivity contribution in [2.75, 3.05) is 19.6 Å². The van der Waals surface area contributed by atoms with Gasteiger partial charge in [0.25, 0.3) is 5.91 Å². The van der Waals surface area contributed by atoms with E-state index < -0.39 is 0 Å². The van der Waals surface area contributed by atoms with Gasteiger partial charge < -0.3 is 16.0 Å². The Hall–Kier alpha value is -1.66. The summed E-state index contributed by atoms with van der Waals surface area (Å²) in [6.45, 7) is 4.41. The quantitative estimate of drug-likeness (QED) is 0.681. The fourth-order valence-electron chi connectivity index (χ4n) is 2.66. The molecule has 2 unspecified atom stereocenters. The number of amides is 2. The number of piperidine rings is 1. The number of halogens is 2. The predicted molar refractivity (Wildman–Crippen MR) is 93.8 cm³/mol. The molecule has 1 saturated heterocycles. The lowest BCUT2D eigenvalue weighted by Crippen LogP contribution is -2.48. The van der Waals surface area contributed by atoms with Crippen LogP contribution in [-0.4, -0.2) is 37.5 Å². The van der Waals surface area contributed by atoms with E-state index in [2.05, 4.69) is 22.9 Å². The number of rotatable bonds is 6. The molecule has 1 aliphatic rings. The van der Waals surface area contributed by atoms with E-state index in [9.17, 15) is 14.0 Å². The van der Waals surface area contributed by atoms with Crippen molar-refractivity contribution in [3.8, 4) is 0 Å². The molecule has 0 aromatic heterocycles. The smallest absolute Gasteiger partial charge is 0.251 e. The number of benzene rings is 1. The van der Waals surface area contributed by atoms with Gasteiger partial charge in [-0.15, -0.1) is 12.4 Å². The molecule has 2 amide bonds. The molecule has 0 bridgehead atoms. The maximum Gasteiger partial charge on any atom is 0.251 e. The van der Waals surface area contributed by atoms with Crippen LogP contribution >= 0.6 is 12.4 Å². The second kappa shape index (κ2) is 10.3. The summed E-state index contributed by atoms with van der Waals surface area (Å²) in [4.78, 5) is 23.7. The zero-order valence-electron chi connectivity index (χ0n) is 13.8. The SMILES string of the molecule is CC1CNCCC1NC(=O)CCCNC(=O)c1ccc(F)cc1.Cl. The van der Waals surface area contributed by atoms with Gasteiger partial charge in [0.1, 0.15) is 5.82 Å². The molecule has 1 aliphatic heterocycles. The van der Waals surface area contributed by atoms with Crippen LogP contribution in [0.15, 0.2) is 24.3 Å². The molecule has 1 heterocycles. The fraction of sp³-hybridized carbons (Fsp3) is 0.529. The molecule has 7 heteroatoms. The maximum absolute atomic E-state index is 12.8. The Balaban J connectivity index is 0.00000288. The van der Waals surface area contributed by atoms with E-state index >= 15 is 0 Å². The first kappa shape index (κ1) is 20.4. The summed E-state index contributed by atoms with van der Waals surface area (Å²) in [6, 6.07) is 5.62. The second-order valence-electron chi connectivity index (χ2n) is 6.01. The molecule has 1 aromatic rings. The summed E-state index contributed by atoms with van der Waals surface area (Å²) in [7, 11) is 0. The van der Waals surface area contributed by atoms with Crippen LogP contribution in [-0.2, 0) is 4.79 Å². The van der Waals surface area contributed by atoms with Gasteiger partial charge in [-0.2, -0.15) is 0 Å². The van der Waals surface area contributed by atoms with Crippen LogP contribution in [0.4, 0.5) is 4.39 Å². The lowest BCUT2D eigenvalue weighted by molar-refractivity contribution is -0.122. The zero-order valence-corrected chi connectivity index (χ0v) is 14.6. The molecular weight excluding hydrogens is 333 g/mol.